The maximum absolute atomic E-state index is 13.7. The third-order valence-corrected chi connectivity index (χ3v) is 4.27. The fraction of sp³-hybridized carbons (Fsp3) is 0.333. The molecule has 5 heteroatoms. The number of benzene rings is 2. The summed E-state index contributed by atoms with van der Waals surface area (Å²) in [6, 6.07) is 10.3. The average molecular weight is 318 g/mol. The molecule has 0 bridgehead atoms. The lowest BCUT2D eigenvalue weighted by Crippen LogP contribution is -2.51. The van der Waals surface area contributed by atoms with Crippen molar-refractivity contribution in [2.75, 3.05) is 23.9 Å². The number of rotatable bonds is 3. The number of halogens is 2. The van der Waals surface area contributed by atoms with Crippen LogP contribution in [0.1, 0.15) is 19.4 Å². The third-order valence-electron chi connectivity index (χ3n) is 4.27. The molecule has 1 heterocycles. The number of fused-ring (bicyclic) bond motifs is 1. The van der Waals surface area contributed by atoms with E-state index in [4.69, 9.17) is 4.74 Å². The first-order chi connectivity index (χ1) is 10.9. The molecule has 3 nitrogen and oxygen atoms in total. The molecule has 3 rings (SSSR count). The van der Waals surface area contributed by atoms with Gasteiger partial charge in [-0.15, -0.1) is 0 Å². The lowest BCUT2D eigenvalue weighted by molar-refractivity contribution is 0.414. The van der Waals surface area contributed by atoms with Crippen molar-refractivity contribution < 1.29 is 13.5 Å². The zero-order chi connectivity index (χ0) is 16.6. The van der Waals surface area contributed by atoms with Crippen LogP contribution in [0, 0.1) is 11.6 Å². The molecule has 0 saturated heterocycles. The van der Waals surface area contributed by atoms with Gasteiger partial charge in [-0.25, -0.2) is 8.78 Å². The van der Waals surface area contributed by atoms with Crippen LogP contribution in [-0.4, -0.2) is 19.2 Å². The van der Waals surface area contributed by atoms with Gasteiger partial charge in [0.25, 0.3) is 0 Å². The van der Waals surface area contributed by atoms with Gasteiger partial charge in [-0.2, -0.15) is 0 Å². The van der Waals surface area contributed by atoms with Gasteiger partial charge in [0.15, 0.2) is 11.6 Å². The van der Waals surface area contributed by atoms with Crippen LogP contribution < -0.4 is 15.0 Å². The Balaban J connectivity index is 1.97. The molecule has 122 valence electrons. The quantitative estimate of drug-likeness (QED) is 0.918. The Labute approximate surface area is 134 Å². The SMILES string of the molecule is COc1ccc(CN2c3cc(F)c(F)cc3NCC2(C)C)cc1. The summed E-state index contributed by atoms with van der Waals surface area (Å²) in [5.74, 6) is -0.870. The molecule has 0 fully saturated rings. The van der Waals surface area contributed by atoms with Gasteiger partial charge in [0.1, 0.15) is 5.75 Å². The molecule has 0 atom stereocenters. The number of nitrogens with one attached hydrogen (secondary N) is 1. The zero-order valence-corrected chi connectivity index (χ0v) is 13.5. The van der Waals surface area contributed by atoms with Crippen LogP contribution in [0.2, 0.25) is 0 Å². The molecule has 1 aliphatic rings. The van der Waals surface area contributed by atoms with Crippen LogP contribution in [0.15, 0.2) is 36.4 Å². The monoisotopic (exact) mass is 318 g/mol. The summed E-state index contributed by atoms with van der Waals surface area (Å²) in [7, 11) is 1.63. The van der Waals surface area contributed by atoms with Gasteiger partial charge < -0.3 is 15.0 Å². The molecule has 0 radical (unpaired) electrons. The number of hydrogen-bond donors (Lipinski definition) is 1. The van der Waals surface area contributed by atoms with E-state index >= 15 is 0 Å². The van der Waals surface area contributed by atoms with Crippen molar-refractivity contribution in [2.45, 2.75) is 25.9 Å². The number of hydrogen-bond acceptors (Lipinski definition) is 3. The normalized spacial score (nSPS) is 15.8. The first kappa shape index (κ1) is 15.6. The highest BCUT2D eigenvalue weighted by atomic mass is 19.2. The highest BCUT2D eigenvalue weighted by molar-refractivity contribution is 5.74. The summed E-state index contributed by atoms with van der Waals surface area (Å²) in [6.45, 7) is 5.42. The minimum Gasteiger partial charge on any atom is -0.497 e. The summed E-state index contributed by atoms with van der Waals surface area (Å²) in [4.78, 5) is 2.10. The Bertz CT molecular complexity index is 714. The molecule has 2 aromatic rings. The molecular formula is C18H20F2N2O. The van der Waals surface area contributed by atoms with Crippen molar-refractivity contribution in [3.05, 3.63) is 53.6 Å². The second-order valence-electron chi connectivity index (χ2n) is 6.38. The topological polar surface area (TPSA) is 24.5 Å². The first-order valence-electron chi connectivity index (χ1n) is 7.54. The van der Waals surface area contributed by atoms with Crippen molar-refractivity contribution in [1.82, 2.24) is 0 Å². The minimum atomic E-state index is -0.833. The fourth-order valence-corrected chi connectivity index (χ4v) is 2.85. The van der Waals surface area contributed by atoms with Gasteiger partial charge in [0.2, 0.25) is 0 Å². The molecule has 0 aromatic heterocycles. The van der Waals surface area contributed by atoms with E-state index in [1.165, 1.54) is 12.1 Å². The molecule has 0 unspecified atom stereocenters. The van der Waals surface area contributed by atoms with Crippen molar-refractivity contribution in [2.24, 2.45) is 0 Å². The largest absolute Gasteiger partial charge is 0.497 e. The summed E-state index contributed by atoms with van der Waals surface area (Å²) >= 11 is 0. The summed E-state index contributed by atoms with van der Waals surface area (Å²) in [5, 5.41) is 3.19. The molecule has 2 aromatic carbocycles. The number of methoxy groups -OCH3 is 1. The molecule has 0 saturated carbocycles. The standard InChI is InChI=1S/C18H20F2N2O/c1-18(2)11-21-16-8-14(19)15(20)9-17(16)22(18)10-12-4-6-13(23-3)7-5-12/h4-9,21H,10-11H2,1-3H3. The Hall–Kier alpha value is -2.30. The van der Waals surface area contributed by atoms with Gasteiger partial charge in [-0.3, -0.25) is 0 Å². The smallest absolute Gasteiger partial charge is 0.161 e. The molecule has 0 spiro atoms. The van der Waals surface area contributed by atoms with E-state index in [0.29, 0.717) is 24.5 Å². The maximum Gasteiger partial charge on any atom is 0.161 e. The predicted molar refractivity (Wildman–Crippen MR) is 88.1 cm³/mol. The van der Waals surface area contributed by atoms with E-state index in [2.05, 4.69) is 24.1 Å². The molecular weight excluding hydrogens is 298 g/mol. The second kappa shape index (κ2) is 5.72. The molecule has 1 aliphatic heterocycles. The van der Waals surface area contributed by atoms with E-state index in [9.17, 15) is 8.78 Å². The minimum absolute atomic E-state index is 0.225. The van der Waals surface area contributed by atoms with Crippen LogP contribution in [-0.2, 0) is 6.54 Å². The van der Waals surface area contributed by atoms with Crippen molar-refractivity contribution >= 4 is 11.4 Å². The van der Waals surface area contributed by atoms with Crippen molar-refractivity contribution in [3.63, 3.8) is 0 Å². The van der Waals surface area contributed by atoms with Gasteiger partial charge in [0.05, 0.1) is 24.0 Å². The van der Waals surface area contributed by atoms with E-state index in [-0.39, 0.29) is 5.54 Å². The van der Waals surface area contributed by atoms with Crippen LogP contribution in [0.5, 0.6) is 5.75 Å². The van der Waals surface area contributed by atoms with Crippen molar-refractivity contribution in [3.8, 4) is 5.75 Å². The van der Waals surface area contributed by atoms with Crippen LogP contribution in [0.4, 0.5) is 20.2 Å². The molecule has 1 N–H and O–H groups in total. The lowest BCUT2D eigenvalue weighted by atomic mass is 9.96. The molecule has 0 amide bonds. The van der Waals surface area contributed by atoms with E-state index in [0.717, 1.165) is 11.3 Å². The Morgan fingerprint density at radius 3 is 2.43 bits per heavy atom. The second-order valence-corrected chi connectivity index (χ2v) is 6.38. The maximum atomic E-state index is 13.7. The highest BCUT2D eigenvalue weighted by Gasteiger charge is 2.33. The van der Waals surface area contributed by atoms with Gasteiger partial charge in [-0.05, 0) is 31.5 Å². The van der Waals surface area contributed by atoms with Gasteiger partial charge in [-0.1, -0.05) is 12.1 Å². The van der Waals surface area contributed by atoms with Crippen LogP contribution >= 0.6 is 0 Å². The summed E-state index contributed by atoms with van der Waals surface area (Å²) in [5.41, 5.74) is 2.15. The van der Waals surface area contributed by atoms with Crippen LogP contribution in [0.25, 0.3) is 0 Å². The predicted octanol–water partition coefficient (Wildman–Crippen LogP) is 4.18. The number of ether oxygens (including phenoxy) is 1. The summed E-state index contributed by atoms with van der Waals surface area (Å²) < 4.78 is 32.4. The number of nitrogens with zero attached hydrogens (tertiary/aromatic N) is 1. The van der Waals surface area contributed by atoms with E-state index < -0.39 is 11.6 Å². The zero-order valence-electron chi connectivity index (χ0n) is 13.5. The van der Waals surface area contributed by atoms with E-state index in [1.54, 1.807) is 7.11 Å². The van der Waals surface area contributed by atoms with Crippen molar-refractivity contribution in [1.29, 1.82) is 0 Å². The Kier molecular flexibility index (Phi) is 3.88. The summed E-state index contributed by atoms with van der Waals surface area (Å²) in [6.07, 6.45) is 0. The third kappa shape index (κ3) is 2.96. The molecule has 23 heavy (non-hydrogen) atoms. The van der Waals surface area contributed by atoms with E-state index in [1.807, 2.05) is 24.3 Å². The van der Waals surface area contributed by atoms with Crippen LogP contribution in [0.3, 0.4) is 0 Å². The van der Waals surface area contributed by atoms with Gasteiger partial charge in [0, 0.05) is 25.2 Å². The van der Waals surface area contributed by atoms with Gasteiger partial charge >= 0.3 is 0 Å². The molecule has 0 aliphatic carbocycles. The highest BCUT2D eigenvalue weighted by Crippen LogP contribution is 2.38. The Morgan fingerprint density at radius 1 is 1.13 bits per heavy atom. The fourth-order valence-electron chi connectivity index (χ4n) is 2.85. The number of anilines is 2. The first-order valence-corrected chi connectivity index (χ1v) is 7.54. The average Bonchev–Trinajstić information content (AvgIpc) is 2.53. The lowest BCUT2D eigenvalue weighted by Gasteiger charge is -2.45. The Morgan fingerprint density at radius 2 is 1.78 bits per heavy atom.